The number of rotatable bonds is 3. The zero-order valence-electron chi connectivity index (χ0n) is 12.2. The van der Waals surface area contributed by atoms with Gasteiger partial charge in [0, 0.05) is 9.75 Å². The molecule has 1 aromatic rings. The normalized spacial score (nSPS) is 25.1. The molecule has 0 spiro atoms. The number of thiophene rings is 1. The van der Waals surface area contributed by atoms with Gasteiger partial charge in [0.1, 0.15) is 0 Å². The molecule has 1 saturated heterocycles. The molecular formula is C15H24N2OS. The number of carbonyl (C=O) groups excluding carboxylic acids is 1. The summed E-state index contributed by atoms with van der Waals surface area (Å²) in [6, 6.07) is 2.25. The minimum atomic E-state index is -0.0220. The highest BCUT2D eigenvalue weighted by Gasteiger charge is 2.26. The van der Waals surface area contributed by atoms with Crippen LogP contribution in [0.3, 0.4) is 0 Å². The van der Waals surface area contributed by atoms with Crippen LogP contribution in [0.1, 0.15) is 48.0 Å². The lowest BCUT2D eigenvalue weighted by Gasteiger charge is -2.28. The summed E-state index contributed by atoms with van der Waals surface area (Å²) in [6.45, 7) is 9.47. The molecule has 1 aliphatic rings. The van der Waals surface area contributed by atoms with E-state index < -0.39 is 0 Å². The zero-order chi connectivity index (χ0) is 14.0. The SMILES string of the molecule is Cc1cc(C(C)NC(=O)C2CC(C)CCN2)c(C)s1. The quantitative estimate of drug-likeness (QED) is 0.894. The van der Waals surface area contributed by atoms with Crippen LogP contribution in [0.2, 0.25) is 0 Å². The Morgan fingerprint density at radius 2 is 2.26 bits per heavy atom. The average Bonchev–Trinajstić information content (AvgIpc) is 2.68. The molecule has 1 amide bonds. The van der Waals surface area contributed by atoms with Crippen molar-refractivity contribution in [2.75, 3.05) is 6.54 Å². The van der Waals surface area contributed by atoms with Crippen molar-refractivity contribution in [1.29, 1.82) is 0 Å². The summed E-state index contributed by atoms with van der Waals surface area (Å²) in [5, 5.41) is 6.46. The van der Waals surface area contributed by atoms with Gasteiger partial charge in [-0.25, -0.2) is 0 Å². The Balaban J connectivity index is 1.96. The first-order valence-corrected chi connectivity index (χ1v) is 7.89. The van der Waals surface area contributed by atoms with Gasteiger partial charge in [0.2, 0.25) is 5.91 Å². The molecule has 19 heavy (non-hydrogen) atoms. The Kier molecular flexibility index (Phi) is 4.63. The first kappa shape index (κ1) is 14.5. The minimum absolute atomic E-state index is 0.0220. The van der Waals surface area contributed by atoms with E-state index in [1.54, 1.807) is 11.3 Å². The van der Waals surface area contributed by atoms with Gasteiger partial charge in [-0.05, 0) is 57.7 Å². The lowest BCUT2D eigenvalue weighted by Crippen LogP contribution is -2.48. The van der Waals surface area contributed by atoms with Crippen molar-refractivity contribution in [2.24, 2.45) is 5.92 Å². The largest absolute Gasteiger partial charge is 0.348 e. The third kappa shape index (κ3) is 3.57. The lowest BCUT2D eigenvalue weighted by molar-refractivity contribution is -0.124. The van der Waals surface area contributed by atoms with Gasteiger partial charge in [0.05, 0.1) is 12.1 Å². The van der Waals surface area contributed by atoms with Crippen molar-refractivity contribution in [3.8, 4) is 0 Å². The third-order valence-electron chi connectivity index (χ3n) is 3.89. The molecule has 0 aliphatic carbocycles. The van der Waals surface area contributed by atoms with Gasteiger partial charge in [-0.15, -0.1) is 11.3 Å². The summed E-state index contributed by atoms with van der Waals surface area (Å²) in [5.74, 6) is 0.778. The maximum absolute atomic E-state index is 12.3. The highest BCUT2D eigenvalue weighted by molar-refractivity contribution is 7.12. The number of hydrogen-bond acceptors (Lipinski definition) is 3. The Hall–Kier alpha value is -0.870. The van der Waals surface area contributed by atoms with Gasteiger partial charge in [0.25, 0.3) is 0 Å². The number of hydrogen-bond donors (Lipinski definition) is 2. The first-order valence-electron chi connectivity index (χ1n) is 7.08. The number of nitrogens with one attached hydrogen (secondary N) is 2. The number of carbonyl (C=O) groups is 1. The second-order valence-corrected chi connectivity index (χ2v) is 7.20. The van der Waals surface area contributed by atoms with E-state index >= 15 is 0 Å². The van der Waals surface area contributed by atoms with E-state index in [2.05, 4.69) is 44.4 Å². The smallest absolute Gasteiger partial charge is 0.237 e. The molecule has 3 nitrogen and oxygen atoms in total. The van der Waals surface area contributed by atoms with Crippen LogP contribution in [0.25, 0.3) is 0 Å². The van der Waals surface area contributed by atoms with Gasteiger partial charge in [-0.3, -0.25) is 4.79 Å². The fourth-order valence-electron chi connectivity index (χ4n) is 2.78. The molecule has 0 radical (unpaired) electrons. The van der Waals surface area contributed by atoms with Gasteiger partial charge in [0.15, 0.2) is 0 Å². The van der Waals surface area contributed by atoms with Crippen molar-refractivity contribution in [1.82, 2.24) is 10.6 Å². The van der Waals surface area contributed by atoms with E-state index in [1.165, 1.54) is 21.7 Å². The second kappa shape index (κ2) is 6.06. The first-order chi connectivity index (χ1) is 8.97. The molecule has 1 aliphatic heterocycles. The van der Waals surface area contributed by atoms with Gasteiger partial charge in [-0.1, -0.05) is 6.92 Å². The summed E-state index contributed by atoms with van der Waals surface area (Å²) in [7, 11) is 0. The lowest BCUT2D eigenvalue weighted by atomic mass is 9.93. The summed E-state index contributed by atoms with van der Waals surface area (Å²) >= 11 is 1.79. The van der Waals surface area contributed by atoms with Crippen molar-refractivity contribution in [3.63, 3.8) is 0 Å². The molecule has 0 saturated carbocycles. The van der Waals surface area contributed by atoms with E-state index in [0.29, 0.717) is 5.92 Å². The van der Waals surface area contributed by atoms with Gasteiger partial charge >= 0.3 is 0 Å². The molecular weight excluding hydrogens is 256 g/mol. The predicted octanol–water partition coefficient (Wildman–Crippen LogP) is 2.93. The molecule has 2 heterocycles. The minimum Gasteiger partial charge on any atom is -0.348 e. The monoisotopic (exact) mass is 280 g/mol. The Labute approximate surface area is 119 Å². The summed E-state index contributed by atoms with van der Waals surface area (Å²) in [4.78, 5) is 14.9. The van der Waals surface area contributed by atoms with Crippen molar-refractivity contribution < 1.29 is 4.79 Å². The van der Waals surface area contributed by atoms with Crippen LogP contribution in [0.4, 0.5) is 0 Å². The van der Waals surface area contributed by atoms with E-state index in [4.69, 9.17) is 0 Å². The van der Waals surface area contributed by atoms with Crippen molar-refractivity contribution in [2.45, 2.75) is 52.6 Å². The van der Waals surface area contributed by atoms with Crippen LogP contribution in [0.15, 0.2) is 6.07 Å². The van der Waals surface area contributed by atoms with Crippen molar-refractivity contribution >= 4 is 17.2 Å². The molecule has 2 N–H and O–H groups in total. The molecule has 106 valence electrons. The highest BCUT2D eigenvalue weighted by atomic mass is 32.1. The van der Waals surface area contributed by atoms with Crippen molar-refractivity contribution in [3.05, 3.63) is 21.4 Å². The van der Waals surface area contributed by atoms with Crippen LogP contribution < -0.4 is 10.6 Å². The number of aryl methyl sites for hydroxylation is 2. The Morgan fingerprint density at radius 1 is 1.53 bits per heavy atom. The summed E-state index contributed by atoms with van der Waals surface area (Å²) < 4.78 is 0. The average molecular weight is 280 g/mol. The van der Waals surface area contributed by atoms with Crippen LogP contribution in [-0.4, -0.2) is 18.5 Å². The molecule has 0 aromatic carbocycles. The standard InChI is InChI=1S/C15H24N2OS/c1-9-5-6-16-14(7-9)15(18)17-11(3)13-8-10(2)19-12(13)4/h8-9,11,14,16H,5-7H2,1-4H3,(H,17,18). The molecule has 0 bridgehead atoms. The topological polar surface area (TPSA) is 41.1 Å². The highest BCUT2D eigenvalue weighted by Crippen LogP contribution is 2.26. The summed E-state index contributed by atoms with van der Waals surface area (Å²) in [5.41, 5.74) is 1.25. The Morgan fingerprint density at radius 3 is 2.84 bits per heavy atom. The fourth-order valence-corrected chi connectivity index (χ4v) is 3.80. The molecule has 1 aromatic heterocycles. The van der Waals surface area contributed by atoms with Crippen LogP contribution in [-0.2, 0) is 4.79 Å². The van der Waals surface area contributed by atoms with Gasteiger partial charge < -0.3 is 10.6 Å². The van der Waals surface area contributed by atoms with E-state index in [9.17, 15) is 4.79 Å². The molecule has 1 fully saturated rings. The predicted molar refractivity (Wildman–Crippen MR) is 80.5 cm³/mol. The van der Waals surface area contributed by atoms with Gasteiger partial charge in [-0.2, -0.15) is 0 Å². The molecule has 3 atom stereocenters. The zero-order valence-corrected chi connectivity index (χ0v) is 13.1. The number of piperidine rings is 1. The van der Waals surface area contributed by atoms with E-state index in [-0.39, 0.29) is 18.0 Å². The van der Waals surface area contributed by atoms with Crippen LogP contribution in [0, 0.1) is 19.8 Å². The fraction of sp³-hybridized carbons (Fsp3) is 0.667. The maximum Gasteiger partial charge on any atom is 0.237 e. The third-order valence-corrected chi connectivity index (χ3v) is 4.87. The molecule has 3 unspecified atom stereocenters. The van der Waals surface area contributed by atoms with Crippen LogP contribution in [0.5, 0.6) is 0 Å². The van der Waals surface area contributed by atoms with Crippen LogP contribution >= 0.6 is 11.3 Å². The summed E-state index contributed by atoms with van der Waals surface area (Å²) in [6.07, 6.45) is 2.11. The van der Waals surface area contributed by atoms with E-state index in [0.717, 1.165) is 13.0 Å². The van der Waals surface area contributed by atoms with E-state index in [1.807, 2.05) is 0 Å². The second-order valence-electron chi connectivity index (χ2n) is 5.74. The molecule has 2 rings (SSSR count). The number of amides is 1. The maximum atomic E-state index is 12.3. The Bertz CT molecular complexity index is 455. The molecule has 4 heteroatoms.